The Kier molecular flexibility index (Phi) is 3.75. The molecular weight excluding hydrogens is 264 g/mol. The van der Waals surface area contributed by atoms with Gasteiger partial charge in [-0.3, -0.25) is 9.40 Å². The molecule has 2 rings (SSSR count). The van der Waals surface area contributed by atoms with Gasteiger partial charge in [0.15, 0.2) is 0 Å². The van der Waals surface area contributed by atoms with Crippen molar-refractivity contribution < 1.29 is 8.42 Å². The molecule has 0 aliphatic carbocycles. The number of nitrogens with one attached hydrogen (secondary N) is 2. The number of sulfonamides is 1. The largest absolute Gasteiger partial charge is 0.384 e. The molecule has 0 aliphatic rings. The molecule has 7 heteroatoms. The number of rotatable bonds is 5. The third-order valence-electron chi connectivity index (χ3n) is 2.50. The van der Waals surface area contributed by atoms with Crippen molar-refractivity contribution in [1.29, 1.82) is 0 Å². The highest BCUT2D eigenvalue weighted by molar-refractivity contribution is 7.92. The summed E-state index contributed by atoms with van der Waals surface area (Å²) in [5.74, 6) is 0. The van der Waals surface area contributed by atoms with Crippen molar-refractivity contribution in [2.75, 3.05) is 16.6 Å². The van der Waals surface area contributed by atoms with E-state index < -0.39 is 10.0 Å². The van der Waals surface area contributed by atoms with Crippen LogP contribution in [-0.2, 0) is 17.1 Å². The minimum Gasteiger partial charge on any atom is -0.384 e. The minimum atomic E-state index is -3.62. The van der Waals surface area contributed by atoms with Gasteiger partial charge in [-0.2, -0.15) is 5.10 Å². The topological polar surface area (TPSA) is 76.0 Å². The Morgan fingerprint density at radius 1 is 1.32 bits per heavy atom. The Hall–Kier alpha value is -2.02. The van der Waals surface area contributed by atoms with Gasteiger partial charge in [0.25, 0.3) is 10.0 Å². The van der Waals surface area contributed by atoms with E-state index >= 15 is 0 Å². The van der Waals surface area contributed by atoms with Crippen molar-refractivity contribution in [1.82, 2.24) is 9.78 Å². The van der Waals surface area contributed by atoms with Crippen molar-refractivity contribution in [3.8, 4) is 0 Å². The van der Waals surface area contributed by atoms with Crippen LogP contribution in [0.4, 0.5) is 11.4 Å². The Balaban J connectivity index is 2.34. The summed E-state index contributed by atoms with van der Waals surface area (Å²) >= 11 is 0. The van der Waals surface area contributed by atoms with Crippen LogP contribution < -0.4 is 10.0 Å². The quantitative estimate of drug-likeness (QED) is 0.873. The van der Waals surface area contributed by atoms with E-state index in [0.717, 1.165) is 0 Å². The average molecular weight is 280 g/mol. The van der Waals surface area contributed by atoms with Gasteiger partial charge in [0.05, 0.1) is 17.6 Å². The van der Waals surface area contributed by atoms with Crippen LogP contribution in [0, 0.1) is 0 Å². The zero-order valence-corrected chi connectivity index (χ0v) is 11.6. The number of benzene rings is 1. The molecule has 1 aromatic heterocycles. The predicted octanol–water partition coefficient (Wildman–Crippen LogP) is 1.65. The van der Waals surface area contributed by atoms with Crippen LogP contribution >= 0.6 is 0 Å². The third-order valence-corrected chi connectivity index (χ3v) is 3.94. The zero-order chi connectivity index (χ0) is 13.9. The molecular formula is C12H16N4O2S. The lowest BCUT2D eigenvalue weighted by Gasteiger charge is -2.11. The van der Waals surface area contributed by atoms with Gasteiger partial charge in [-0.25, -0.2) is 8.42 Å². The van der Waals surface area contributed by atoms with E-state index in [2.05, 4.69) is 15.1 Å². The molecule has 2 N–H and O–H groups in total. The van der Waals surface area contributed by atoms with Gasteiger partial charge < -0.3 is 5.32 Å². The average Bonchev–Trinajstić information content (AvgIpc) is 2.75. The summed E-state index contributed by atoms with van der Waals surface area (Å²) in [6, 6.07) is 6.79. The van der Waals surface area contributed by atoms with Crippen LogP contribution in [0.1, 0.15) is 6.92 Å². The molecule has 2 aromatic rings. The first-order chi connectivity index (χ1) is 9.03. The summed E-state index contributed by atoms with van der Waals surface area (Å²) in [6.07, 6.45) is 3.07. The molecule has 102 valence electrons. The molecule has 0 spiro atoms. The van der Waals surface area contributed by atoms with Crippen LogP contribution in [0.3, 0.4) is 0 Å². The molecule has 0 amide bonds. The maximum Gasteiger partial charge on any atom is 0.264 e. The van der Waals surface area contributed by atoms with Gasteiger partial charge in [-0.15, -0.1) is 0 Å². The molecule has 1 aromatic carbocycles. The van der Waals surface area contributed by atoms with Gasteiger partial charge >= 0.3 is 0 Å². The normalized spacial score (nSPS) is 11.3. The standard InChI is InChI=1S/C12H16N4O2S/c1-3-13-11-6-4-5-7-12(11)19(17,18)15-10-8-14-16(2)9-10/h4-9,13,15H,3H2,1-2H3. The number of aromatic nitrogens is 2. The molecule has 0 saturated carbocycles. The number of nitrogens with zero attached hydrogens (tertiary/aromatic N) is 2. The van der Waals surface area contributed by atoms with E-state index in [-0.39, 0.29) is 4.90 Å². The number of anilines is 2. The Morgan fingerprint density at radius 2 is 2.05 bits per heavy atom. The molecule has 0 radical (unpaired) electrons. The number of hydrogen-bond donors (Lipinski definition) is 2. The smallest absolute Gasteiger partial charge is 0.264 e. The molecule has 0 bridgehead atoms. The van der Waals surface area contributed by atoms with Crippen molar-refractivity contribution in [2.45, 2.75) is 11.8 Å². The van der Waals surface area contributed by atoms with E-state index in [1.165, 1.54) is 10.9 Å². The fraction of sp³-hybridized carbons (Fsp3) is 0.250. The second kappa shape index (κ2) is 5.31. The van der Waals surface area contributed by atoms with Crippen LogP contribution in [0.5, 0.6) is 0 Å². The second-order valence-electron chi connectivity index (χ2n) is 4.03. The van der Waals surface area contributed by atoms with Crippen LogP contribution in [0.2, 0.25) is 0 Å². The summed E-state index contributed by atoms with van der Waals surface area (Å²) < 4.78 is 28.7. The van der Waals surface area contributed by atoms with E-state index in [9.17, 15) is 8.42 Å². The maximum atomic E-state index is 12.3. The predicted molar refractivity (Wildman–Crippen MR) is 74.6 cm³/mol. The highest BCUT2D eigenvalue weighted by Crippen LogP contribution is 2.23. The summed E-state index contributed by atoms with van der Waals surface area (Å²) in [5.41, 5.74) is 1.02. The van der Waals surface area contributed by atoms with E-state index in [1.54, 1.807) is 37.5 Å². The Morgan fingerprint density at radius 3 is 2.68 bits per heavy atom. The van der Waals surface area contributed by atoms with E-state index in [1.807, 2.05) is 6.92 Å². The van der Waals surface area contributed by atoms with Crippen LogP contribution in [-0.4, -0.2) is 24.7 Å². The molecule has 1 heterocycles. The first-order valence-electron chi connectivity index (χ1n) is 5.87. The lowest BCUT2D eigenvalue weighted by molar-refractivity contribution is 0.601. The number of aryl methyl sites for hydroxylation is 1. The van der Waals surface area contributed by atoms with Gasteiger partial charge in [0.2, 0.25) is 0 Å². The fourth-order valence-electron chi connectivity index (χ4n) is 1.72. The molecule has 0 unspecified atom stereocenters. The lowest BCUT2D eigenvalue weighted by Crippen LogP contribution is -2.15. The zero-order valence-electron chi connectivity index (χ0n) is 10.8. The number of hydrogen-bond acceptors (Lipinski definition) is 4. The first kappa shape index (κ1) is 13.4. The molecule has 6 nitrogen and oxygen atoms in total. The van der Waals surface area contributed by atoms with Crippen molar-refractivity contribution >= 4 is 21.4 Å². The van der Waals surface area contributed by atoms with E-state index in [0.29, 0.717) is 17.9 Å². The molecule has 19 heavy (non-hydrogen) atoms. The van der Waals surface area contributed by atoms with Crippen molar-refractivity contribution in [2.24, 2.45) is 7.05 Å². The van der Waals surface area contributed by atoms with Gasteiger partial charge in [0, 0.05) is 19.8 Å². The monoisotopic (exact) mass is 280 g/mol. The summed E-state index contributed by atoms with van der Waals surface area (Å²) in [5, 5.41) is 6.96. The fourth-order valence-corrected chi connectivity index (χ4v) is 2.93. The van der Waals surface area contributed by atoms with Crippen molar-refractivity contribution in [3.05, 3.63) is 36.7 Å². The maximum absolute atomic E-state index is 12.3. The van der Waals surface area contributed by atoms with Gasteiger partial charge in [0.1, 0.15) is 4.90 Å². The van der Waals surface area contributed by atoms with Crippen molar-refractivity contribution in [3.63, 3.8) is 0 Å². The molecule has 0 saturated heterocycles. The minimum absolute atomic E-state index is 0.223. The first-order valence-corrected chi connectivity index (χ1v) is 7.35. The third kappa shape index (κ3) is 3.05. The summed E-state index contributed by atoms with van der Waals surface area (Å²) in [4.78, 5) is 0.223. The summed E-state index contributed by atoms with van der Waals surface area (Å²) in [7, 11) is -1.89. The molecule has 0 atom stereocenters. The Labute approximate surface area is 112 Å². The lowest BCUT2D eigenvalue weighted by atomic mass is 10.3. The highest BCUT2D eigenvalue weighted by Gasteiger charge is 2.18. The van der Waals surface area contributed by atoms with E-state index in [4.69, 9.17) is 0 Å². The summed E-state index contributed by atoms with van der Waals surface area (Å²) in [6.45, 7) is 2.57. The SMILES string of the molecule is CCNc1ccccc1S(=O)(=O)Nc1cnn(C)c1. The van der Waals surface area contributed by atoms with Gasteiger partial charge in [-0.05, 0) is 19.1 Å². The highest BCUT2D eigenvalue weighted by atomic mass is 32.2. The molecule has 0 fully saturated rings. The Bertz CT molecular complexity index is 664. The van der Waals surface area contributed by atoms with Gasteiger partial charge in [-0.1, -0.05) is 12.1 Å². The second-order valence-corrected chi connectivity index (χ2v) is 5.69. The van der Waals surface area contributed by atoms with Crippen LogP contribution in [0.15, 0.2) is 41.6 Å². The van der Waals surface area contributed by atoms with Crippen LogP contribution in [0.25, 0.3) is 0 Å². The molecule has 0 aliphatic heterocycles. The number of para-hydroxylation sites is 1.